The molecule has 0 bridgehead atoms. The van der Waals surface area contributed by atoms with Gasteiger partial charge in [0.25, 0.3) is 0 Å². The Labute approximate surface area is 190 Å². The Morgan fingerprint density at radius 2 is 1.84 bits per heavy atom. The van der Waals surface area contributed by atoms with Crippen molar-refractivity contribution in [1.82, 2.24) is 15.5 Å². The van der Waals surface area contributed by atoms with Gasteiger partial charge in [-0.05, 0) is 29.4 Å². The lowest BCUT2D eigenvalue weighted by Gasteiger charge is -2.35. The maximum atomic E-state index is 12.7. The first-order chi connectivity index (χ1) is 14.7. The number of carbonyl (C=O) groups excluding carboxylic acids is 2. The van der Waals surface area contributed by atoms with Crippen LogP contribution in [0.25, 0.3) is 0 Å². The first-order valence-electron chi connectivity index (χ1n) is 11.1. The Bertz CT molecular complexity index is 821. The molecule has 1 aromatic rings. The van der Waals surface area contributed by atoms with Crippen LogP contribution in [0.4, 0.5) is 0 Å². The average Bonchev–Trinajstić information content (AvgIpc) is 2.76. The van der Waals surface area contributed by atoms with Crippen LogP contribution in [0.2, 0.25) is 0 Å². The minimum Gasteiger partial charge on any atom is -0.342 e. The quantitative estimate of drug-likeness (QED) is 0.726. The first kappa shape index (κ1) is 23.6. The first-order valence-corrected chi connectivity index (χ1v) is 12.2. The molecule has 1 aromatic carbocycles. The summed E-state index contributed by atoms with van der Waals surface area (Å²) >= 11 is 1.38. The van der Waals surface area contributed by atoms with Crippen molar-refractivity contribution in [3.05, 3.63) is 35.4 Å². The zero-order chi connectivity index (χ0) is 22.6. The van der Waals surface area contributed by atoms with Gasteiger partial charge in [0, 0.05) is 13.1 Å². The third kappa shape index (κ3) is 5.81. The monoisotopic (exact) mass is 442 g/mol. The zero-order valence-electron chi connectivity index (χ0n) is 19.0. The molecule has 3 atom stereocenters. The molecule has 3 unspecified atom stereocenters. The number of nitrogens with one attached hydrogen (secondary N) is 2. The molecule has 0 spiro atoms. The molecule has 2 fully saturated rings. The molecule has 1 saturated heterocycles. The molecule has 2 aliphatic rings. The van der Waals surface area contributed by atoms with Crippen molar-refractivity contribution >= 4 is 23.6 Å². The van der Waals surface area contributed by atoms with E-state index in [2.05, 4.69) is 49.6 Å². The lowest BCUT2D eigenvalue weighted by atomic mass is 9.85. The maximum Gasteiger partial charge on any atom is 0.241 e. The van der Waals surface area contributed by atoms with Crippen molar-refractivity contribution in [2.24, 2.45) is 5.92 Å². The van der Waals surface area contributed by atoms with E-state index in [4.69, 9.17) is 0 Å². The maximum absolute atomic E-state index is 12.7. The summed E-state index contributed by atoms with van der Waals surface area (Å²) in [5.41, 5.74) is 1.74. The summed E-state index contributed by atoms with van der Waals surface area (Å²) < 4.78 is 0. The smallest absolute Gasteiger partial charge is 0.241 e. The predicted molar refractivity (Wildman–Crippen MR) is 124 cm³/mol. The fraction of sp³-hybridized carbons (Fsp3) is 0.625. The molecular formula is C24H34N4O2S. The summed E-state index contributed by atoms with van der Waals surface area (Å²) in [4.78, 5) is 27.1. The topological polar surface area (TPSA) is 85.2 Å². The van der Waals surface area contributed by atoms with E-state index in [9.17, 15) is 14.9 Å². The Morgan fingerprint density at radius 1 is 1.19 bits per heavy atom. The average molecular weight is 443 g/mol. The van der Waals surface area contributed by atoms with Crippen LogP contribution in [-0.2, 0) is 15.0 Å². The molecule has 1 aliphatic heterocycles. The lowest BCUT2D eigenvalue weighted by Crippen LogP contribution is -2.56. The van der Waals surface area contributed by atoms with Gasteiger partial charge in [0.2, 0.25) is 11.8 Å². The molecule has 2 N–H and O–H groups in total. The Balaban J connectivity index is 1.64. The third-order valence-electron chi connectivity index (χ3n) is 6.38. The van der Waals surface area contributed by atoms with Crippen LogP contribution < -0.4 is 10.6 Å². The Kier molecular flexibility index (Phi) is 7.66. The summed E-state index contributed by atoms with van der Waals surface area (Å²) in [5, 5.41) is 15.8. The fourth-order valence-electron chi connectivity index (χ4n) is 4.30. The van der Waals surface area contributed by atoms with Gasteiger partial charge in [0.15, 0.2) is 0 Å². The summed E-state index contributed by atoms with van der Waals surface area (Å²) in [5.74, 6) is -0.728. The molecule has 2 amide bonds. The molecule has 1 aliphatic carbocycles. The minimum absolute atomic E-state index is 0.0354. The van der Waals surface area contributed by atoms with Crippen LogP contribution in [0.5, 0.6) is 0 Å². The zero-order valence-corrected chi connectivity index (χ0v) is 19.8. The molecule has 31 heavy (non-hydrogen) atoms. The Morgan fingerprint density at radius 3 is 2.42 bits per heavy atom. The molecule has 0 radical (unpaired) electrons. The fourth-order valence-corrected chi connectivity index (χ4v) is 5.26. The van der Waals surface area contributed by atoms with E-state index in [1.54, 1.807) is 0 Å². The number of nitrogens with zero attached hydrogens (tertiary/aromatic N) is 2. The molecular weight excluding hydrogens is 408 g/mol. The Hall–Kier alpha value is -2.04. The molecule has 1 heterocycles. The SMILES string of the molecule is CN(C(=O)CSC1NC(=O)C(C#N)C(c2ccc(C(C)(C)C)cc2)N1)C1CCCCC1. The van der Waals surface area contributed by atoms with Crippen LogP contribution in [0.15, 0.2) is 24.3 Å². The highest BCUT2D eigenvalue weighted by Crippen LogP contribution is 2.30. The lowest BCUT2D eigenvalue weighted by molar-refractivity contribution is -0.130. The van der Waals surface area contributed by atoms with Gasteiger partial charge in [-0.2, -0.15) is 5.26 Å². The van der Waals surface area contributed by atoms with Crippen LogP contribution in [0.3, 0.4) is 0 Å². The van der Waals surface area contributed by atoms with Crippen LogP contribution in [0.1, 0.15) is 70.0 Å². The number of amides is 2. The summed E-state index contributed by atoms with van der Waals surface area (Å²) in [6.07, 6.45) is 5.76. The second-order valence-electron chi connectivity index (χ2n) is 9.62. The minimum atomic E-state index is -0.807. The largest absolute Gasteiger partial charge is 0.342 e. The van der Waals surface area contributed by atoms with Crippen LogP contribution in [0, 0.1) is 17.2 Å². The molecule has 7 heteroatoms. The number of rotatable bonds is 5. The normalized spacial score (nSPS) is 24.9. The number of hydrogen-bond donors (Lipinski definition) is 2. The molecule has 168 valence electrons. The molecule has 1 saturated carbocycles. The van der Waals surface area contributed by atoms with Crippen molar-refractivity contribution in [3.8, 4) is 6.07 Å². The van der Waals surface area contributed by atoms with Crippen molar-refractivity contribution in [3.63, 3.8) is 0 Å². The van der Waals surface area contributed by atoms with Gasteiger partial charge in [0.1, 0.15) is 11.4 Å². The van der Waals surface area contributed by atoms with Crippen molar-refractivity contribution in [1.29, 1.82) is 5.26 Å². The van der Waals surface area contributed by atoms with Crippen LogP contribution >= 0.6 is 11.8 Å². The number of thioether (sulfide) groups is 1. The van der Waals surface area contributed by atoms with Gasteiger partial charge < -0.3 is 10.2 Å². The highest BCUT2D eigenvalue weighted by atomic mass is 32.2. The second kappa shape index (κ2) is 10.1. The van der Waals surface area contributed by atoms with Gasteiger partial charge in [-0.15, -0.1) is 11.8 Å². The van der Waals surface area contributed by atoms with Gasteiger partial charge in [0.05, 0.1) is 17.9 Å². The molecule has 6 nitrogen and oxygen atoms in total. The van der Waals surface area contributed by atoms with Gasteiger partial charge >= 0.3 is 0 Å². The van der Waals surface area contributed by atoms with Crippen molar-refractivity contribution in [2.45, 2.75) is 75.9 Å². The highest BCUT2D eigenvalue weighted by molar-refractivity contribution is 8.00. The number of hydrogen-bond acceptors (Lipinski definition) is 5. The van der Waals surface area contributed by atoms with Crippen LogP contribution in [-0.4, -0.2) is 41.1 Å². The summed E-state index contributed by atoms with van der Waals surface area (Å²) in [6.45, 7) is 6.46. The van der Waals surface area contributed by atoms with E-state index in [1.807, 2.05) is 24.1 Å². The van der Waals surface area contributed by atoms with E-state index in [1.165, 1.54) is 36.6 Å². The number of benzene rings is 1. The molecule has 3 rings (SSSR count). The van der Waals surface area contributed by atoms with E-state index < -0.39 is 17.5 Å². The number of carbonyl (C=O) groups is 2. The van der Waals surface area contributed by atoms with E-state index in [0.717, 1.165) is 18.4 Å². The van der Waals surface area contributed by atoms with Crippen molar-refractivity contribution in [2.75, 3.05) is 12.8 Å². The number of nitriles is 1. The van der Waals surface area contributed by atoms with E-state index in [0.29, 0.717) is 6.04 Å². The van der Waals surface area contributed by atoms with Gasteiger partial charge in [-0.1, -0.05) is 64.3 Å². The summed E-state index contributed by atoms with van der Waals surface area (Å²) in [6, 6.07) is 10.2. The van der Waals surface area contributed by atoms with E-state index >= 15 is 0 Å². The predicted octanol–water partition coefficient (Wildman–Crippen LogP) is 3.69. The summed E-state index contributed by atoms with van der Waals surface area (Å²) in [7, 11) is 1.89. The van der Waals surface area contributed by atoms with Gasteiger partial charge in [-0.25, -0.2) is 0 Å². The third-order valence-corrected chi connectivity index (χ3v) is 7.39. The molecule has 0 aromatic heterocycles. The van der Waals surface area contributed by atoms with Gasteiger partial charge in [-0.3, -0.25) is 14.9 Å². The second-order valence-corrected chi connectivity index (χ2v) is 10.7. The highest BCUT2D eigenvalue weighted by Gasteiger charge is 2.37. The van der Waals surface area contributed by atoms with E-state index in [-0.39, 0.29) is 23.0 Å². The standard InChI is InChI=1S/C24H34N4O2S/c1-24(2,3)17-12-10-16(11-13-17)21-19(14-25)22(30)27-23(26-21)31-15-20(29)28(4)18-8-6-5-7-9-18/h10-13,18-19,21,23,26H,5-9,15H2,1-4H3,(H,27,30). The van der Waals surface area contributed by atoms with Crippen molar-refractivity contribution < 1.29 is 9.59 Å².